The number of sulfone groups is 1. The predicted octanol–water partition coefficient (Wildman–Crippen LogP) is 1.56. The highest BCUT2D eigenvalue weighted by molar-refractivity contribution is 7.91. The van der Waals surface area contributed by atoms with Crippen molar-refractivity contribution in [1.29, 1.82) is 0 Å². The minimum Gasteiger partial charge on any atom is -0.325 e. The molecule has 0 aromatic heterocycles. The van der Waals surface area contributed by atoms with E-state index in [2.05, 4.69) is 10.6 Å². The average Bonchev–Trinajstić information content (AvgIpc) is 3.23. The fourth-order valence-electron chi connectivity index (χ4n) is 1.89. The first-order valence-corrected chi connectivity index (χ1v) is 8.53. The number of hydrogen-bond acceptors (Lipinski definition) is 4. The summed E-state index contributed by atoms with van der Waals surface area (Å²) >= 11 is 0. The second-order valence-corrected chi connectivity index (χ2v) is 7.17. The lowest BCUT2D eigenvalue weighted by molar-refractivity contribution is -0.116. The van der Waals surface area contributed by atoms with E-state index in [-0.39, 0.29) is 16.6 Å². The van der Waals surface area contributed by atoms with Gasteiger partial charge in [-0.2, -0.15) is 0 Å². The lowest BCUT2D eigenvalue weighted by Crippen LogP contribution is -2.23. The Labute approximate surface area is 119 Å². The number of anilines is 1. The molecule has 1 aliphatic rings. The van der Waals surface area contributed by atoms with E-state index in [1.807, 2.05) is 0 Å². The van der Waals surface area contributed by atoms with Crippen LogP contribution in [0.5, 0.6) is 0 Å². The van der Waals surface area contributed by atoms with Gasteiger partial charge in [-0.15, -0.1) is 0 Å². The van der Waals surface area contributed by atoms with E-state index in [0.717, 1.165) is 0 Å². The van der Waals surface area contributed by atoms with Crippen molar-refractivity contribution in [3.05, 3.63) is 24.3 Å². The molecule has 20 heavy (non-hydrogen) atoms. The summed E-state index contributed by atoms with van der Waals surface area (Å²) in [6, 6.07) is 7.08. The van der Waals surface area contributed by atoms with Gasteiger partial charge >= 0.3 is 0 Å². The van der Waals surface area contributed by atoms with Crippen LogP contribution in [0.15, 0.2) is 29.2 Å². The summed E-state index contributed by atoms with van der Waals surface area (Å²) in [5.41, 5.74) is 0.366. The molecule has 0 spiro atoms. The van der Waals surface area contributed by atoms with Crippen LogP contribution in [0.25, 0.3) is 0 Å². The third kappa shape index (κ3) is 4.05. The Morgan fingerprint density at radius 1 is 1.30 bits per heavy atom. The van der Waals surface area contributed by atoms with Crippen molar-refractivity contribution in [3.8, 4) is 0 Å². The Morgan fingerprint density at radius 2 is 2.00 bits per heavy atom. The van der Waals surface area contributed by atoms with Crippen LogP contribution >= 0.6 is 0 Å². The van der Waals surface area contributed by atoms with Crippen LogP contribution in [0.1, 0.15) is 26.2 Å². The van der Waals surface area contributed by atoms with E-state index in [9.17, 15) is 13.2 Å². The summed E-state index contributed by atoms with van der Waals surface area (Å²) in [4.78, 5) is 12.0. The zero-order valence-electron chi connectivity index (χ0n) is 11.6. The second kappa shape index (κ2) is 6.37. The van der Waals surface area contributed by atoms with Crippen molar-refractivity contribution in [2.24, 2.45) is 0 Å². The highest BCUT2D eigenvalue weighted by Gasteiger charge is 2.21. The van der Waals surface area contributed by atoms with Crippen molar-refractivity contribution < 1.29 is 13.2 Å². The molecule has 1 amide bonds. The van der Waals surface area contributed by atoms with Crippen LogP contribution in [0, 0.1) is 0 Å². The molecular formula is C14H20N2O3S. The summed E-state index contributed by atoms with van der Waals surface area (Å²) in [5.74, 6) is -0.153. The number of benzene rings is 1. The Hall–Kier alpha value is -1.40. The molecule has 1 aromatic carbocycles. The van der Waals surface area contributed by atoms with Crippen molar-refractivity contribution in [3.63, 3.8) is 0 Å². The minimum atomic E-state index is -3.33. The lowest BCUT2D eigenvalue weighted by Gasteiger charge is -2.11. The van der Waals surface area contributed by atoms with Crippen LogP contribution in [0.3, 0.4) is 0 Å². The molecule has 2 N–H and O–H groups in total. The predicted molar refractivity (Wildman–Crippen MR) is 78.4 cm³/mol. The maximum absolute atomic E-state index is 12.0. The summed E-state index contributed by atoms with van der Waals surface area (Å²) < 4.78 is 23.9. The van der Waals surface area contributed by atoms with Gasteiger partial charge in [0.25, 0.3) is 0 Å². The summed E-state index contributed by atoms with van der Waals surface area (Å²) in [5, 5.41) is 5.94. The molecule has 5 nitrogen and oxygen atoms in total. The molecule has 1 aliphatic carbocycles. The molecule has 0 aliphatic heterocycles. The topological polar surface area (TPSA) is 75.3 Å². The largest absolute Gasteiger partial charge is 0.325 e. The molecule has 0 radical (unpaired) electrons. The van der Waals surface area contributed by atoms with Gasteiger partial charge in [-0.3, -0.25) is 4.79 Å². The van der Waals surface area contributed by atoms with E-state index < -0.39 is 9.84 Å². The van der Waals surface area contributed by atoms with Crippen molar-refractivity contribution in [2.75, 3.05) is 17.6 Å². The maximum Gasteiger partial charge on any atom is 0.225 e. The van der Waals surface area contributed by atoms with Crippen molar-refractivity contribution >= 4 is 21.4 Å². The number of para-hydroxylation sites is 1. The molecule has 2 rings (SSSR count). The molecule has 0 bridgehead atoms. The normalized spacial score (nSPS) is 15.1. The van der Waals surface area contributed by atoms with Crippen LogP contribution in [-0.2, 0) is 14.6 Å². The van der Waals surface area contributed by atoms with E-state index in [1.54, 1.807) is 25.1 Å². The molecule has 1 saturated carbocycles. The number of rotatable bonds is 7. The van der Waals surface area contributed by atoms with Crippen LogP contribution in [0.4, 0.5) is 5.69 Å². The first kappa shape index (κ1) is 15.0. The number of amides is 1. The van der Waals surface area contributed by atoms with Crippen molar-refractivity contribution in [2.45, 2.75) is 37.1 Å². The fourth-order valence-corrected chi connectivity index (χ4v) is 2.94. The highest BCUT2D eigenvalue weighted by Crippen LogP contribution is 2.22. The molecule has 1 fully saturated rings. The zero-order chi connectivity index (χ0) is 14.6. The smallest absolute Gasteiger partial charge is 0.225 e. The molecule has 0 saturated heterocycles. The molecule has 6 heteroatoms. The number of hydrogen-bond donors (Lipinski definition) is 2. The fraction of sp³-hybridized carbons (Fsp3) is 0.500. The Morgan fingerprint density at radius 3 is 2.65 bits per heavy atom. The molecule has 0 unspecified atom stereocenters. The number of carbonyl (C=O) groups excluding carboxylic acids is 1. The molecule has 110 valence electrons. The van der Waals surface area contributed by atoms with Gasteiger partial charge in [0.2, 0.25) is 5.91 Å². The molecular weight excluding hydrogens is 276 g/mol. The lowest BCUT2D eigenvalue weighted by atomic mass is 10.3. The standard InChI is InChI=1S/C14H20N2O3S/c1-2-20(18,19)13-6-4-3-5-12(13)16-14(17)9-10-15-11-7-8-11/h3-6,11,15H,2,7-10H2,1H3,(H,16,17). The van der Waals surface area contributed by atoms with E-state index >= 15 is 0 Å². The summed E-state index contributed by atoms with van der Waals surface area (Å²) in [7, 11) is -3.33. The van der Waals surface area contributed by atoms with E-state index in [4.69, 9.17) is 0 Å². The van der Waals surface area contributed by atoms with Gasteiger partial charge in [0, 0.05) is 19.0 Å². The highest BCUT2D eigenvalue weighted by atomic mass is 32.2. The van der Waals surface area contributed by atoms with Gasteiger partial charge in [-0.05, 0) is 25.0 Å². The van der Waals surface area contributed by atoms with E-state index in [1.165, 1.54) is 18.9 Å². The maximum atomic E-state index is 12.0. The molecule has 1 aromatic rings. The van der Waals surface area contributed by atoms with Crippen molar-refractivity contribution in [1.82, 2.24) is 5.32 Å². The Bertz CT molecular complexity index is 580. The number of nitrogens with one attached hydrogen (secondary N) is 2. The summed E-state index contributed by atoms with van der Waals surface area (Å²) in [6.07, 6.45) is 2.70. The minimum absolute atomic E-state index is 0.0170. The average molecular weight is 296 g/mol. The van der Waals surface area contributed by atoms with Crippen LogP contribution in [0.2, 0.25) is 0 Å². The summed E-state index contributed by atoms with van der Waals surface area (Å²) in [6.45, 7) is 2.21. The zero-order valence-corrected chi connectivity index (χ0v) is 12.4. The van der Waals surface area contributed by atoms with Gasteiger partial charge in [0.1, 0.15) is 0 Å². The van der Waals surface area contributed by atoms with Crippen LogP contribution in [-0.4, -0.2) is 32.7 Å². The first-order chi connectivity index (χ1) is 9.53. The first-order valence-electron chi connectivity index (χ1n) is 6.88. The second-order valence-electron chi connectivity index (χ2n) is 4.93. The molecule has 0 atom stereocenters. The number of carbonyl (C=O) groups is 1. The van der Waals surface area contributed by atoms with Gasteiger partial charge in [-0.1, -0.05) is 19.1 Å². The van der Waals surface area contributed by atoms with E-state index in [0.29, 0.717) is 24.7 Å². The van der Waals surface area contributed by atoms with Gasteiger partial charge in [-0.25, -0.2) is 8.42 Å². The third-order valence-corrected chi connectivity index (χ3v) is 5.02. The quantitative estimate of drug-likeness (QED) is 0.800. The Kier molecular flexibility index (Phi) is 4.77. The third-order valence-electron chi connectivity index (χ3n) is 3.24. The molecule has 0 heterocycles. The Balaban J connectivity index is 1.99. The van der Waals surface area contributed by atoms with Gasteiger partial charge < -0.3 is 10.6 Å². The monoisotopic (exact) mass is 296 g/mol. The van der Waals surface area contributed by atoms with Crippen LogP contribution < -0.4 is 10.6 Å². The van der Waals surface area contributed by atoms with Gasteiger partial charge in [0.15, 0.2) is 9.84 Å². The van der Waals surface area contributed by atoms with Gasteiger partial charge in [0.05, 0.1) is 16.3 Å². The SMILES string of the molecule is CCS(=O)(=O)c1ccccc1NC(=O)CCNC1CC1.